The van der Waals surface area contributed by atoms with Gasteiger partial charge in [-0.05, 0) is 24.5 Å². The fourth-order valence-electron chi connectivity index (χ4n) is 2.45. The number of nitrogens with one attached hydrogen (secondary N) is 1. The molecule has 1 saturated heterocycles. The summed E-state index contributed by atoms with van der Waals surface area (Å²) >= 11 is 6.21. The van der Waals surface area contributed by atoms with Gasteiger partial charge in [-0.2, -0.15) is 0 Å². The Morgan fingerprint density at radius 1 is 1.45 bits per heavy atom. The Hall–Kier alpha value is -1.55. The predicted octanol–water partition coefficient (Wildman–Crippen LogP) is 2.53. The lowest BCUT2D eigenvalue weighted by molar-refractivity contribution is -0.132. The van der Waals surface area contributed by atoms with E-state index in [0.29, 0.717) is 10.7 Å². The first-order valence-corrected chi connectivity index (χ1v) is 7.19. The van der Waals surface area contributed by atoms with Crippen molar-refractivity contribution in [2.24, 2.45) is 5.92 Å². The monoisotopic (exact) mass is 294 g/mol. The fraction of sp³-hybridized carbons (Fsp3) is 0.467. The Morgan fingerprint density at radius 2 is 2.15 bits per heavy atom. The number of carbonyl (C=O) groups excluding carboxylic acids is 2. The smallest absolute Gasteiger partial charge is 0.250 e. The molecule has 1 aromatic rings. The Bertz CT molecular complexity index is 524. The zero-order valence-electron chi connectivity index (χ0n) is 11.9. The van der Waals surface area contributed by atoms with Crippen molar-refractivity contribution in [3.8, 4) is 0 Å². The summed E-state index contributed by atoms with van der Waals surface area (Å²) in [5.41, 5.74) is 1.53. The van der Waals surface area contributed by atoms with Gasteiger partial charge in [-0.1, -0.05) is 44.0 Å². The molecular weight excluding hydrogens is 276 g/mol. The van der Waals surface area contributed by atoms with Gasteiger partial charge in [0.05, 0.1) is 10.7 Å². The third-order valence-electron chi connectivity index (χ3n) is 3.82. The van der Waals surface area contributed by atoms with Gasteiger partial charge in [0.2, 0.25) is 11.8 Å². The molecule has 1 aliphatic heterocycles. The van der Waals surface area contributed by atoms with Crippen molar-refractivity contribution in [3.05, 3.63) is 28.8 Å². The van der Waals surface area contributed by atoms with Crippen molar-refractivity contribution in [2.75, 3.05) is 11.4 Å². The maximum absolute atomic E-state index is 12.6. The van der Waals surface area contributed by atoms with Crippen molar-refractivity contribution >= 4 is 29.1 Å². The molecule has 0 saturated carbocycles. The Balaban J connectivity index is 2.40. The second kappa shape index (κ2) is 5.83. The molecule has 0 bridgehead atoms. The average molecular weight is 295 g/mol. The molecule has 2 atom stereocenters. The van der Waals surface area contributed by atoms with Crippen molar-refractivity contribution < 1.29 is 9.59 Å². The van der Waals surface area contributed by atoms with E-state index in [0.717, 1.165) is 12.0 Å². The number of rotatable bonds is 3. The van der Waals surface area contributed by atoms with Crippen LogP contribution in [0.1, 0.15) is 25.8 Å². The first-order valence-electron chi connectivity index (χ1n) is 6.81. The van der Waals surface area contributed by atoms with E-state index in [1.54, 1.807) is 6.07 Å². The highest BCUT2D eigenvalue weighted by Crippen LogP contribution is 2.31. The van der Waals surface area contributed by atoms with Crippen molar-refractivity contribution in [1.29, 1.82) is 0 Å². The van der Waals surface area contributed by atoms with Gasteiger partial charge < -0.3 is 5.32 Å². The van der Waals surface area contributed by atoms with E-state index >= 15 is 0 Å². The van der Waals surface area contributed by atoms with Gasteiger partial charge in [-0.3, -0.25) is 14.5 Å². The molecule has 1 heterocycles. The minimum atomic E-state index is -0.475. The highest BCUT2D eigenvalue weighted by Gasteiger charge is 2.37. The van der Waals surface area contributed by atoms with Crippen LogP contribution in [0.15, 0.2) is 18.2 Å². The number of hydrogen-bond acceptors (Lipinski definition) is 2. The molecule has 0 spiro atoms. The van der Waals surface area contributed by atoms with Crippen molar-refractivity contribution in [3.63, 3.8) is 0 Å². The van der Waals surface area contributed by atoms with Crippen molar-refractivity contribution in [1.82, 2.24) is 5.32 Å². The number of anilines is 1. The van der Waals surface area contributed by atoms with E-state index in [4.69, 9.17) is 11.6 Å². The lowest BCUT2D eigenvalue weighted by Crippen LogP contribution is -2.60. The third-order valence-corrected chi connectivity index (χ3v) is 4.13. The minimum Gasteiger partial charge on any atom is -0.342 e. The summed E-state index contributed by atoms with van der Waals surface area (Å²) in [4.78, 5) is 26.0. The molecule has 5 heteroatoms. The zero-order valence-corrected chi connectivity index (χ0v) is 12.7. The van der Waals surface area contributed by atoms with Gasteiger partial charge in [0, 0.05) is 0 Å². The molecule has 1 aromatic carbocycles. The fourth-order valence-corrected chi connectivity index (χ4v) is 2.77. The van der Waals surface area contributed by atoms with Gasteiger partial charge in [-0.25, -0.2) is 0 Å². The van der Waals surface area contributed by atoms with Crippen LogP contribution in [0, 0.1) is 12.8 Å². The molecule has 0 radical (unpaired) electrons. The summed E-state index contributed by atoms with van der Waals surface area (Å²) in [6.07, 6.45) is 0.825. The summed E-state index contributed by atoms with van der Waals surface area (Å²) in [6.45, 7) is 5.88. The number of piperazine rings is 1. The quantitative estimate of drug-likeness (QED) is 0.931. The SMILES string of the molecule is CCC(C)C1NC(=O)CN(c2c(C)cccc2Cl)C1=O. The van der Waals surface area contributed by atoms with Gasteiger partial charge in [-0.15, -0.1) is 0 Å². The van der Waals surface area contributed by atoms with Crippen molar-refractivity contribution in [2.45, 2.75) is 33.2 Å². The number of carbonyl (C=O) groups is 2. The topological polar surface area (TPSA) is 49.4 Å². The van der Waals surface area contributed by atoms with Crippen LogP contribution in [-0.4, -0.2) is 24.4 Å². The van der Waals surface area contributed by atoms with Gasteiger partial charge in [0.1, 0.15) is 12.6 Å². The molecule has 2 amide bonds. The van der Waals surface area contributed by atoms with E-state index < -0.39 is 6.04 Å². The van der Waals surface area contributed by atoms with Gasteiger partial charge in [0.15, 0.2) is 0 Å². The molecule has 0 aliphatic carbocycles. The van der Waals surface area contributed by atoms with Crippen LogP contribution in [0.25, 0.3) is 0 Å². The minimum absolute atomic E-state index is 0.0241. The Labute approximate surface area is 124 Å². The number of amides is 2. The summed E-state index contributed by atoms with van der Waals surface area (Å²) in [7, 11) is 0. The van der Waals surface area contributed by atoms with Gasteiger partial charge >= 0.3 is 0 Å². The predicted molar refractivity (Wildman–Crippen MR) is 79.9 cm³/mol. The first kappa shape index (κ1) is 14.9. The van der Waals surface area contributed by atoms with E-state index in [-0.39, 0.29) is 24.3 Å². The normalized spacial score (nSPS) is 20.8. The summed E-state index contributed by atoms with van der Waals surface area (Å²) < 4.78 is 0. The molecule has 1 N–H and O–H groups in total. The maximum atomic E-state index is 12.6. The average Bonchev–Trinajstić information content (AvgIpc) is 2.41. The molecule has 2 unspecified atom stereocenters. The maximum Gasteiger partial charge on any atom is 0.250 e. The number of hydrogen-bond donors (Lipinski definition) is 1. The largest absolute Gasteiger partial charge is 0.342 e. The third kappa shape index (κ3) is 2.66. The molecule has 0 aromatic heterocycles. The Morgan fingerprint density at radius 3 is 2.75 bits per heavy atom. The summed E-state index contributed by atoms with van der Waals surface area (Å²) in [5, 5.41) is 3.28. The zero-order chi connectivity index (χ0) is 14.9. The highest BCUT2D eigenvalue weighted by molar-refractivity contribution is 6.34. The number of nitrogens with zero attached hydrogens (tertiary/aromatic N) is 1. The molecule has 20 heavy (non-hydrogen) atoms. The van der Waals surface area contributed by atoms with E-state index in [2.05, 4.69) is 5.32 Å². The molecule has 108 valence electrons. The van der Waals surface area contributed by atoms with E-state index in [1.165, 1.54) is 4.90 Å². The first-order chi connectivity index (χ1) is 9.45. The summed E-state index contributed by atoms with van der Waals surface area (Å²) in [5.74, 6) is -0.138. The number of aryl methyl sites for hydroxylation is 1. The van der Waals surface area contributed by atoms with Crippen LogP contribution in [0.4, 0.5) is 5.69 Å². The standard InChI is InChI=1S/C15H19ClN2O2/c1-4-9(2)13-15(20)18(8-12(19)17-13)14-10(3)6-5-7-11(14)16/h5-7,9,13H,4,8H2,1-3H3,(H,17,19). The van der Waals surface area contributed by atoms with Gasteiger partial charge in [0.25, 0.3) is 0 Å². The second-order valence-corrected chi connectivity index (χ2v) is 5.67. The van der Waals surface area contributed by atoms with Crippen LogP contribution in [-0.2, 0) is 9.59 Å². The number of halogens is 1. The molecule has 4 nitrogen and oxygen atoms in total. The van der Waals surface area contributed by atoms with Crippen LogP contribution in [0.2, 0.25) is 5.02 Å². The molecule has 1 aliphatic rings. The molecular formula is C15H19ClN2O2. The highest BCUT2D eigenvalue weighted by atomic mass is 35.5. The number of benzene rings is 1. The van der Waals surface area contributed by atoms with Crippen LogP contribution < -0.4 is 10.2 Å². The Kier molecular flexibility index (Phi) is 4.33. The second-order valence-electron chi connectivity index (χ2n) is 5.26. The summed E-state index contributed by atoms with van der Waals surface area (Å²) in [6, 6.07) is 4.99. The lowest BCUT2D eigenvalue weighted by atomic mass is 9.95. The van der Waals surface area contributed by atoms with E-state index in [9.17, 15) is 9.59 Å². The van der Waals surface area contributed by atoms with E-state index in [1.807, 2.05) is 32.9 Å². The lowest BCUT2D eigenvalue weighted by Gasteiger charge is -2.36. The number of para-hydroxylation sites is 1. The molecule has 2 rings (SSSR count). The van der Waals surface area contributed by atoms with Crippen LogP contribution in [0.5, 0.6) is 0 Å². The van der Waals surface area contributed by atoms with Crippen LogP contribution >= 0.6 is 11.6 Å². The van der Waals surface area contributed by atoms with Crippen LogP contribution in [0.3, 0.4) is 0 Å². The molecule has 1 fully saturated rings.